The molecule has 0 aliphatic heterocycles. The molecule has 4 nitrogen and oxygen atoms in total. The molecule has 0 aliphatic carbocycles. The molecular formula is C13H29NO3. The molecule has 0 aromatic rings. The van der Waals surface area contributed by atoms with Crippen molar-refractivity contribution >= 4 is 0 Å². The smallest absolute Gasteiger partial charge is 0.0897 e. The summed E-state index contributed by atoms with van der Waals surface area (Å²) in [4.78, 5) is 0. The van der Waals surface area contributed by atoms with E-state index in [0.717, 1.165) is 6.42 Å². The van der Waals surface area contributed by atoms with E-state index in [4.69, 9.17) is 9.84 Å². The van der Waals surface area contributed by atoms with Gasteiger partial charge in [0.1, 0.15) is 0 Å². The van der Waals surface area contributed by atoms with Gasteiger partial charge in [-0.3, -0.25) is 0 Å². The van der Waals surface area contributed by atoms with Crippen molar-refractivity contribution in [2.75, 3.05) is 26.4 Å². The Labute approximate surface area is 105 Å². The largest absolute Gasteiger partial charge is 0.396 e. The number of rotatable bonds is 10. The molecule has 0 saturated carbocycles. The van der Waals surface area contributed by atoms with E-state index in [1.54, 1.807) is 0 Å². The molecule has 0 heterocycles. The average molecular weight is 247 g/mol. The Kier molecular flexibility index (Phi) is 9.74. The third kappa shape index (κ3) is 9.53. The SMILES string of the molecule is CC(C)COCC(O)CNC(CCO)C(C)C. The van der Waals surface area contributed by atoms with Gasteiger partial charge in [-0.2, -0.15) is 0 Å². The third-order valence-electron chi connectivity index (χ3n) is 2.62. The number of hydrogen-bond acceptors (Lipinski definition) is 4. The van der Waals surface area contributed by atoms with Crippen LogP contribution in [0.3, 0.4) is 0 Å². The molecule has 17 heavy (non-hydrogen) atoms. The van der Waals surface area contributed by atoms with Gasteiger partial charge in [-0.05, 0) is 18.3 Å². The Balaban J connectivity index is 3.68. The van der Waals surface area contributed by atoms with E-state index in [-0.39, 0.29) is 12.6 Å². The third-order valence-corrected chi connectivity index (χ3v) is 2.62. The van der Waals surface area contributed by atoms with Gasteiger partial charge in [0.05, 0.1) is 12.7 Å². The molecule has 0 amide bonds. The molecule has 4 heteroatoms. The standard InChI is InChI=1S/C13H29NO3/c1-10(2)8-17-9-12(16)7-14-13(5-6-15)11(3)4/h10-16H,5-9H2,1-4H3. The quantitative estimate of drug-likeness (QED) is 0.539. The van der Waals surface area contributed by atoms with E-state index in [1.165, 1.54) is 0 Å². The van der Waals surface area contributed by atoms with Crippen LogP contribution in [0.5, 0.6) is 0 Å². The zero-order valence-corrected chi connectivity index (χ0v) is 11.6. The van der Waals surface area contributed by atoms with Crippen LogP contribution in [-0.4, -0.2) is 48.7 Å². The van der Waals surface area contributed by atoms with Gasteiger partial charge < -0.3 is 20.3 Å². The molecule has 0 aromatic heterocycles. The van der Waals surface area contributed by atoms with Crippen molar-refractivity contribution in [2.45, 2.75) is 46.3 Å². The minimum absolute atomic E-state index is 0.176. The summed E-state index contributed by atoms with van der Waals surface area (Å²) in [6.07, 6.45) is 0.241. The zero-order valence-electron chi connectivity index (χ0n) is 11.6. The van der Waals surface area contributed by atoms with Crippen LogP contribution in [0.4, 0.5) is 0 Å². The van der Waals surface area contributed by atoms with Crippen LogP contribution in [-0.2, 0) is 4.74 Å². The fourth-order valence-electron chi connectivity index (χ4n) is 1.60. The lowest BCUT2D eigenvalue weighted by molar-refractivity contribution is 0.0238. The first-order chi connectivity index (χ1) is 7.97. The fraction of sp³-hybridized carbons (Fsp3) is 1.00. The molecule has 0 aromatic carbocycles. The van der Waals surface area contributed by atoms with Crippen molar-refractivity contribution < 1.29 is 14.9 Å². The lowest BCUT2D eigenvalue weighted by Crippen LogP contribution is -2.40. The van der Waals surface area contributed by atoms with E-state index < -0.39 is 6.10 Å². The Bertz CT molecular complexity index is 174. The van der Waals surface area contributed by atoms with Gasteiger partial charge in [-0.1, -0.05) is 27.7 Å². The van der Waals surface area contributed by atoms with Crippen molar-refractivity contribution in [3.63, 3.8) is 0 Å². The Morgan fingerprint density at radius 1 is 1.12 bits per heavy atom. The van der Waals surface area contributed by atoms with E-state index >= 15 is 0 Å². The summed E-state index contributed by atoms with van der Waals surface area (Å²) in [5, 5.41) is 21.9. The molecule has 0 saturated heterocycles. The lowest BCUT2D eigenvalue weighted by atomic mass is 10.0. The lowest BCUT2D eigenvalue weighted by Gasteiger charge is -2.23. The van der Waals surface area contributed by atoms with Crippen molar-refractivity contribution in [2.24, 2.45) is 11.8 Å². The first-order valence-corrected chi connectivity index (χ1v) is 6.57. The van der Waals surface area contributed by atoms with Crippen molar-refractivity contribution in [1.29, 1.82) is 0 Å². The van der Waals surface area contributed by atoms with Gasteiger partial charge in [0, 0.05) is 25.8 Å². The van der Waals surface area contributed by atoms with Gasteiger partial charge >= 0.3 is 0 Å². The summed E-state index contributed by atoms with van der Waals surface area (Å²) in [5.74, 6) is 0.943. The second-order valence-electron chi connectivity index (χ2n) is 5.36. The normalized spacial score (nSPS) is 15.5. The summed E-state index contributed by atoms with van der Waals surface area (Å²) in [5.41, 5.74) is 0. The highest BCUT2D eigenvalue weighted by Crippen LogP contribution is 2.05. The maximum atomic E-state index is 9.71. The molecule has 0 fully saturated rings. The molecule has 104 valence electrons. The summed E-state index contributed by atoms with van der Waals surface area (Å²) < 4.78 is 5.37. The minimum Gasteiger partial charge on any atom is -0.396 e. The van der Waals surface area contributed by atoms with Crippen LogP contribution in [0.15, 0.2) is 0 Å². The van der Waals surface area contributed by atoms with Gasteiger partial charge in [0.15, 0.2) is 0 Å². The summed E-state index contributed by atoms with van der Waals surface area (Å²) >= 11 is 0. The summed E-state index contributed by atoms with van der Waals surface area (Å²) in [6.45, 7) is 10.1. The number of aliphatic hydroxyl groups is 2. The zero-order chi connectivity index (χ0) is 13.3. The predicted octanol–water partition coefficient (Wildman–Crippen LogP) is 1.02. The summed E-state index contributed by atoms with van der Waals surface area (Å²) in [7, 11) is 0. The van der Waals surface area contributed by atoms with Crippen LogP contribution in [0.2, 0.25) is 0 Å². The maximum absolute atomic E-state index is 9.71. The van der Waals surface area contributed by atoms with E-state index in [1.807, 2.05) is 0 Å². The Morgan fingerprint density at radius 2 is 1.76 bits per heavy atom. The van der Waals surface area contributed by atoms with E-state index in [2.05, 4.69) is 33.0 Å². The van der Waals surface area contributed by atoms with Gasteiger partial charge in [0.25, 0.3) is 0 Å². The van der Waals surface area contributed by atoms with Gasteiger partial charge in [0.2, 0.25) is 0 Å². The molecular weight excluding hydrogens is 218 g/mol. The van der Waals surface area contributed by atoms with E-state index in [0.29, 0.717) is 31.6 Å². The molecule has 2 atom stereocenters. The molecule has 0 aliphatic rings. The fourth-order valence-corrected chi connectivity index (χ4v) is 1.60. The highest BCUT2D eigenvalue weighted by molar-refractivity contribution is 4.72. The number of hydrogen-bond donors (Lipinski definition) is 3. The van der Waals surface area contributed by atoms with Gasteiger partial charge in [-0.25, -0.2) is 0 Å². The second-order valence-corrected chi connectivity index (χ2v) is 5.36. The molecule has 3 N–H and O–H groups in total. The van der Waals surface area contributed by atoms with Crippen LogP contribution in [0.25, 0.3) is 0 Å². The highest BCUT2D eigenvalue weighted by atomic mass is 16.5. The van der Waals surface area contributed by atoms with Crippen LogP contribution in [0, 0.1) is 11.8 Å². The van der Waals surface area contributed by atoms with Crippen LogP contribution < -0.4 is 5.32 Å². The first-order valence-electron chi connectivity index (χ1n) is 6.57. The number of ether oxygens (including phenoxy) is 1. The molecule has 2 unspecified atom stereocenters. The number of aliphatic hydroxyl groups excluding tert-OH is 2. The monoisotopic (exact) mass is 247 g/mol. The maximum Gasteiger partial charge on any atom is 0.0897 e. The Morgan fingerprint density at radius 3 is 2.24 bits per heavy atom. The van der Waals surface area contributed by atoms with Crippen LogP contribution >= 0.6 is 0 Å². The van der Waals surface area contributed by atoms with Crippen LogP contribution in [0.1, 0.15) is 34.1 Å². The second kappa shape index (κ2) is 9.83. The highest BCUT2D eigenvalue weighted by Gasteiger charge is 2.14. The summed E-state index contributed by atoms with van der Waals surface area (Å²) in [6, 6.07) is 0.250. The topological polar surface area (TPSA) is 61.7 Å². The minimum atomic E-state index is -0.478. The van der Waals surface area contributed by atoms with E-state index in [9.17, 15) is 5.11 Å². The molecule has 0 spiro atoms. The number of nitrogens with one attached hydrogen (secondary N) is 1. The van der Waals surface area contributed by atoms with Gasteiger partial charge in [-0.15, -0.1) is 0 Å². The molecule has 0 radical (unpaired) electrons. The Hall–Kier alpha value is -0.160. The predicted molar refractivity (Wildman–Crippen MR) is 70.0 cm³/mol. The molecule has 0 bridgehead atoms. The van der Waals surface area contributed by atoms with Crippen molar-refractivity contribution in [1.82, 2.24) is 5.32 Å². The molecule has 0 rings (SSSR count). The first kappa shape index (κ1) is 16.8. The average Bonchev–Trinajstić information content (AvgIpc) is 2.23. The van der Waals surface area contributed by atoms with Crippen molar-refractivity contribution in [3.05, 3.63) is 0 Å². The van der Waals surface area contributed by atoms with Crippen molar-refractivity contribution in [3.8, 4) is 0 Å².